The SMILES string of the molecule is CCC(C)(C)c1ccc(OP(O[C@@H]2C[C@H](C)CC[C@H]2C(C)C)O[C@@H]2C[C@H](C)CC[C@H]2C(C)C)c(S(=O)(=O)c2cc(C(C)(C)CC)ccc2OP(O[C@@H]2C[C@H](C)CC[C@H]2C(C)C)O[C@@H]2C[C@H](C)CC[C@H]2C(C)C)c1. The van der Waals surface area contributed by atoms with E-state index in [4.69, 9.17) is 27.1 Å². The molecule has 12 atom stereocenters. The molecule has 0 saturated heterocycles. The van der Waals surface area contributed by atoms with E-state index >= 15 is 8.42 Å². The van der Waals surface area contributed by atoms with E-state index in [0.717, 1.165) is 75.3 Å². The van der Waals surface area contributed by atoms with E-state index in [2.05, 4.69) is 125 Å². The minimum atomic E-state index is -4.39. The average Bonchev–Trinajstić information content (AvgIpc) is 3.31. The molecule has 2 aromatic rings. The molecule has 11 heteroatoms. The van der Waals surface area contributed by atoms with Crippen molar-refractivity contribution in [3.05, 3.63) is 47.5 Å². The van der Waals surface area contributed by atoms with Crippen molar-refractivity contribution in [2.24, 2.45) is 71.0 Å². The predicted octanol–water partition coefficient (Wildman–Crippen LogP) is 19.0. The molecule has 0 amide bonds. The molecule has 0 spiro atoms. The minimum absolute atomic E-state index is 0.0659. The molecule has 0 aromatic heterocycles. The molecule has 73 heavy (non-hydrogen) atoms. The van der Waals surface area contributed by atoms with Crippen molar-refractivity contribution in [2.45, 2.75) is 260 Å². The summed E-state index contributed by atoms with van der Waals surface area (Å²) in [5, 5.41) is 0. The van der Waals surface area contributed by atoms with Crippen LogP contribution in [0, 0.1) is 71.0 Å². The summed E-state index contributed by atoms with van der Waals surface area (Å²) in [6.07, 6.45) is 14.1. The van der Waals surface area contributed by atoms with E-state index in [0.29, 0.717) is 71.0 Å². The predicted molar refractivity (Wildman–Crippen MR) is 305 cm³/mol. The standard InChI is InChI=1S/C62H104O8P2S/c1-19-61(15,16)47-25-31-53(65-71(67-55-33-43(11)21-27-49(55)39(3)4)68-56-34-44(12)22-28-50(56)40(5)6)59(37-47)73(63,64)60-38-48(62(17,18)20-2)26-32-54(60)66-72(69-57-35-45(13)23-29-51(57)41(7)8)70-58-36-46(14)24-30-52(58)42(9)10/h25-26,31-32,37-46,49-52,55-58H,19-24,27-30,33-36H2,1-18H3/t43-,44-,45-,46-,49+,50+,51+,52+,55-,56-,57-,58-/m1/s1. The Labute approximate surface area is 450 Å². The zero-order valence-corrected chi connectivity index (χ0v) is 51.8. The molecule has 6 rings (SSSR count). The maximum atomic E-state index is 16.4. The van der Waals surface area contributed by atoms with Gasteiger partial charge in [0.2, 0.25) is 9.84 Å². The molecule has 4 saturated carbocycles. The van der Waals surface area contributed by atoms with E-state index in [1.54, 1.807) is 0 Å². The number of benzene rings is 2. The molecule has 8 nitrogen and oxygen atoms in total. The Balaban J connectivity index is 1.51. The molecule has 4 fully saturated rings. The van der Waals surface area contributed by atoms with Gasteiger partial charge >= 0.3 is 17.2 Å². The molecule has 0 radical (unpaired) electrons. The highest BCUT2D eigenvalue weighted by atomic mass is 32.2. The van der Waals surface area contributed by atoms with Gasteiger partial charge in [0.1, 0.15) is 21.3 Å². The lowest BCUT2D eigenvalue weighted by atomic mass is 9.75. The van der Waals surface area contributed by atoms with Gasteiger partial charge in [-0.15, -0.1) is 0 Å². The van der Waals surface area contributed by atoms with E-state index in [9.17, 15) is 0 Å². The zero-order chi connectivity index (χ0) is 53.7. The van der Waals surface area contributed by atoms with Gasteiger partial charge in [-0.1, -0.05) is 162 Å². The maximum absolute atomic E-state index is 16.4. The van der Waals surface area contributed by atoms with Gasteiger partial charge < -0.3 is 9.05 Å². The first kappa shape index (κ1) is 60.9. The highest BCUT2D eigenvalue weighted by Gasteiger charge is 2.43. The second-order valence-corrected chi connectivity index (χ2v) is 30.8. The van der Waals surface area contributed by atoms with E-state index in [1.807, 2.05) is 36.4 Å². The van der Waals surface area contributed by atoms with Crippen LogP contribution in [0.4, 0.5) is 0 Å². The third kappa shape index (κ3) is 15.5. The van der Waals surface area contributed by atoms with Crippen molar-refractivity contribution in [3.63, 3.8) is 0 Å². The van der Waals surface area contributed by atoms with Crippen LogP contribution in [0.25, 0.3) is 0 Å². The quantitative estimate of drug-likeness (QED) is 0.108. The zero-order valence-electron chi connectivity index (χ0n) is 49.2. The number of sulfone groups is 1. The fraction of sp³-hybridized carbons (Fsp3) is 0.806. The summed E-state index contributed by atoms with van der Waals surface area (Å²) in [5.74, 6) is 5.62. The molecule has 0 aliphatic heterocycles. The minimum Gasteiger partial charge on any atom is -0.425 e. The number of hydrogen-bond acceptors (Lipinski definition) is 8. The van der Waals surface area contributed by atoms with Crippen LogP contribution in [0.2, 0.25) is 0 Å². The molecule has 0 unspecified atom stereocenters. The number of rotatable bonds is 22. The van der Waals surface area contributed by atoms with Crippen LogP contribution in [-0.4, -0.2) is 32.8 Å². The smallest absolute Gasteiger partial charge is 0.397 e. The van der Waals surface area contributed by atoms with Crippen LogP contribution >= 0.6 is 17.2 Å². The lowest BCUT2D eigenvalue weighted by Crippen LogP contribution is -2.36. The van der Waals surface area contributed by atoms with Crippen molar-refractivity contribution in [2.75, 3.05) is 0 Å². The lowest BCUT2D eigenvalue weighted by Gasteiger charge is -2.41. The van der Waals surface area contributed by atoms with Crippen molar-refractivity contribution in [3.8, 4) is 11.5 Å². The Kier molecular flexibility index (Phi) is 21.8. The Morgan fingerprint density at radius 2 is 0.726 bits per heavy atom. The topological polar surface area (TPSA) is 89.5 Å². The van der Waals surface area contributed by atoms with Crippen LogP contribution in [0.15, 0.2) is 46.2 Å². The molecule has 4 aliphatic carbocycles. The summed E-state index contributed by atoms with van der Waals surface area (Å²) in [5.41, 5.74) is 1.21. The second kappa shape index (κ2) is 26.1. The van der Waals surface area contributed by atoms with E-state index in [-0.39, 0.29) is 56.5 Å². The Morgan fingerprint density at radius 3 is 0.959 bits per heavy atom. The normalized spacial score (nSPS) is 30.0. The van der Waals surface area contributed by atoms with Gasteiger partial charge in [-0.25, -0.2) is 8.42 Å². The fourth-order valence-corrected chi connectivity index (χ4v) is 17.1. The van der Waals surface area contributed by atoms with Gasteiger partial charge in [0.05, 0.1) is 24.4 Å². The first-order chi connectivity index (χ1) is 34.2. The molecule has 0 N–H and O–H groups in total. The fourth-order valence-electron chi connectivity index (χ4n) is 12.6. The Bertz CT molecular complexity index is 1940. The summed E-state index contributed by atoms with van der Waals surface area (Å²) in [7, 11) is -8.44. The third-order valence-corrected chi connectivity index (χ3v) is 23.1. The van der Waals surface area contributed by atoms with Gasteiger partial charge in [0.15, 0.2) is 0 Å². The molecular weight excluding hydrogens is 967 g/mol. The van der Waals surface area contributed by atoms with Gasteiger partial charge in [-0.3, -0.25) is 18.1 Å². The van der Waals surface area contributed by atoms with E-state index in [1.165, 1.54) is 25.7 Å². The lowest BCUT2D eigenvalue weighted by molar-refractivity contribution is -0.00331. The Morgan fingerprint density at radius 1 is 0.466 bits per heavy atom. The highest BCUT2D eigenvalue weighted by molar-refractivity contribution is 7.91. The summed E-state index contributed by atoms with van der Waals surface area (Å²) in [6.45, 7) is 40.7. The molecule has 0 heterocycles. The average molecular weight is 1070 g/mol. The van der Waals surface area contributed by atoms with Crippen LogP contribution in [0.5, 0.6) is 11.5 Å². The van der Waals surface area contributed by atoms with Gasteiger partial charge in [0, 0.05) is 0 Å². The highest BCUT2D eigenvalue weighted by Crippen LogP contribution is 2.56. The summed E-state index contributed by atoms with van der Waals surface area (Å²) in [4.78, 5) is 0.205. The van der Waals surface area contributed by atoms with Crippen molar-refractivity contribution in [1.82, 2.24) is 0 Å². The second-order valence-electron chi connectivity index (χ2n) is 26.8. The summed E-state index contributed by atoms with van der Waals surface area (Å²) in [6, 6.07) is 11.6. The van der Waals surface area contributed by atoms with Crippen LogP contribution in [-0.2, 0) is 38.8 Å². The summed E-state index contributed by atoms with van der Waals surface area (Å²) < 4.78 is 76.0. The van der Waals surface area contributed by atoms with Crippen LogP contribution in [0.1, 0.15) is 226 Å². The van der Waals surface area contributed by atoms with E-state index < -0.39 is 27.0 Å². The molecule has 0 bridgehead atoms. The van der Waals surface area contributed by atoms with Gasteiger partial charge in [-0.05, 0) is 181 Å². The van der Waals surface area contributed by atoms with Crippen LogP contribution in [0.3, 0.4) is 0 Å². The molecule has 4 aliphatic rings. The first-order valence-electron chi connectivity index (χ1n) is 29.4. The van der Waals surface area contributed by atoms with Gasteiger partial charge in [0.25, 0.3) is 0 Å². The summed E-state index contributed by atoms with van der Waals surface area (Å²) >= 11 is 0. The molecule has 416 valence electrons. The van der Waals surface area contributed by atoms with Crippen molar-refractivity contribution < 1.29 is 35.6 Å². The van der Waals surface area contributed by atoms with Crippen molar-refractivity contribution in [1.29, 1.82) is 0 Å². The first-order valence-corrected chi connectivity index (χ1v) is 33.1. The van der Waals surface area contributed by atoms with Crippen molar-refractivity contribution >= 4 is 27.0 Å². The largest absolute Gasteiger partial charge is 0.425 e. The maximum Gasteiger partial charge on any atom is 0.397 e. The number of hydrogen-bond donors (Lipinski definition) is 0. The monoisotopic (exact) mass is 1070 g/mol. The van der Waals surface area contributed by atoms with Gasteiger partial charge in [-0.2, -0.15) is 0 Å². The molecular formula is C62H104O8P2S. The Hall–Kier alpha value is -1.31. The molecule has 2 aromatic carbocycles. The van der Waals surface area contributed by atoms with Crippen LogP contribution < -0.4 is 9.05 Å². The third-order valence-electron chi connectivity index (χ3n) is 18.9.